The highest BCUT2D eigenvalue weighted by Crippen LogP contribution is 2.33. The van der Waals surface area contributed by atoms with Crippen LogP contribution in [0.15, 0.2) is 42.5 Å². The van der Waals surface area contributed by atoms with Gasteiger partial charge in [0, 0.05) is 12.6 Å². The Kier molecular flexibility index (Phi) is 4.24. The first-order valence-corrected chi connectivity index (χ1v) is 8.90. The molecule has 2 aromatic rings. The highest BCUT2D eigenvalue weighted by Gasteiger charge is 2.39. The Labute approximate surface area is 153 Å². The number of ether oxygens (including phenoxy) is 1. The highest BCUT2D eigenvalue weighted by atomic mass is 16.5. The molecule has 5 heteroatoms. The molecule has 1 amide bonds. The molecule has 26 heavy (non-hydrogen) atoms. The number of Topliss-reactive ketones (excluding diaryl/α,β-unsaturated/α-hetero) is 1. The minimum absolute atomic E-state index is 0.399. The van der Waals surface area contributed by atoms with E-state index < -0.39 is 11.7 Å². The Bertz CT molecular complexity index is 856. The van der Waals surface area contributed by atoms with E-state index in [0.717, 1.165) is 36.4 Å². The molecule has 1 saturated carbocycles. The lowest BCUT2D eigenvalue weighted by Gasteiger charge is -2.28. The molecule has 2 aromatic carbocycles. The summed E-state index contributed by atoms with van der Waals surface area (Å²) in [6, 6.07) is 14.1. The molecule has 0 N–H and O–H groups in total. The van der Waals surface area contributed by atoms with E-state index in [1.807, 2.05) is 43.3 Å². The highest BCUT2D eigenvalue weighted by molar-refractivity contribution is 6.52. The first kappa shape index (κ1) is 16.8. The molecule has 1 aliphatic heterocycles. The van der Waals surface area contributed by atoms with Crippen molar-refractivity contribution in [2.75, 3.05) is 18.7 Å². The maximum atomic E-state index is 12.5. The molecule has 1 heterocycles. The van der Waals surface area contributed by atoms with Crippen LogP contribution in [0.4, 0.5) is 5.69 Å². The number of carbonyl (C=O) groups excluding carboxylic acids is 2. The van der Waals surface area contributed by atoms with Crippen LogP contribution < -0.4 is 9.64 Å². The number of amides is 1. The Balaban J connectivity index is 1.55. The fourth-order valence-electron chi connectivity index (χ4n) is 3.44. The Morgan fingerprint density at radius 3 is 2.50 bits per heavy atom. The standard InChI is InChI=1S/C21H22N2O3/c1-14-3-10-19-18(11-14)20(24)21(25)23(19)13-22(16-6-7-16)12-15-4-8-17(26-2)9-5-15/h3-5,8-11,16H,6-7,12-13H2,1-2H3. The van der Waals surface area contributed by atoms with Crippen molar-refractivity contribution in [1.29, 1.82) is 0 Å². The summed E-state index contributed by atoms with van der Waals surface area (Å²) in [5, 5.41) is 0. The SMILES string of the molecule is COc1ccc(CN(CN2C(=O)C(=O)c3cc(C)ccc32)C2CC2)cc1. The Hall–Kier alpha value is -2.66. The average molecular weight is 350 g/mol. The van der Waals surface area contributed by atoms with Crippen molar-refractivity contribution < 1.29 is 14.3 Å². The maximum absolute atomic E-state index is 12.5. The number of rotatable bonds is 6. The predicted octanol–water partition coefficient (Wildman–Crippen LogP) is 3.16. The molecule has 0 saturated heterocycles. The molecule has 4 rings (SSSR count). The summed E-state index contributed by atoms with van der Waals surface area (Å²) < 4.78 is 5.21. The topological polar surface area (TPSA) is 49.9 Å². The van der Waals surface area contributed by atoms with Gasteiger partial charge in [-0.2, -0.15) is 0 Å². The summed E-state index contributed by atoms with van der Waals surface area (Å²) in [6.45, 7) is 3.12. The van der Waals surface area contributed by atoms with Crippen LogP contribution in [0.5, 0.6) is 5.75 Å². The molecule has 0 atom stereocenters. The number of fused-ring (bicyclic) bond motifs is 1. The molecule has 2 aliphatic rings. The quantitative estimate of drug-likeness (QED) is 0.751. The van der Waals surface area contributed by atoms with Gasteiger partial charge in [0.05, 0.1) is 25.0 Å². The summed E-state index contributed by atoms with van der Waals surface area (Å²) >= 11 is 0. The van der Waals surface area contributed by atoms with Crippen molar-refractivity contribution in [1.82, 2.24) is 4.90 Å². The van der Waals surface area contributed by atoms with Crippen molar-refractivity contribution in [2.45, 2.75) is 32.4 Å². The summed E-state index contributed by atoms with van der Waals surface area (Å²) in [6.07, 6.45) is 2.26. The number of nitrogens with zero attached hydrogens (tertiary/aromatic N) is 2. The fraction of sp³-hybridized carbons (Fsp3) is 0.333. The van der Waals surface area contributed by atoms with Crippen molar-refractivity contribution >= 4 is 17.4 Å². The van der Waals surface area contributed by atoms with Crippen LogP contribution in [-0.4, -0.2) is 36.4 Å². The van der Waals surface area contributed by atoms with E-state index in [0.29, 0.717) is 18.3 Å². The van der Waals surface area contributed by atoms with Crippen molar-refractivity contribution in [3.05, 3.63) is 59.2 Å². The van der Waals surface area contributed by atoms with Crippen molar-refractivity contribution in [3.63, 3.8) is 0 Å². The molecule has 1 aliphatic carbocycles. The van der Waals surface area contributed by atoms with Gasteiger partial charge < -0.3 is 4.74 Å². The van der Waals surface area contributed by atoms with E-state index in [2.05, 4.69) is 4.90 Å². The Morgan fingerprint density at radius 1 is 1.12 bits per heavy atom. The van der Waals surface area contributed by atoms with Gasteiger partial charge in [-0.05, 0) is 49.6 Å². The molecular weight excluding hydrogens is 328 g/mol. The number of ketones is 1. The second kappa shape index (κ2) is 6.57. The lowest BCUT2D eigenvalue weighted by molar-refractivity contribution is -0.114. The lowest BCUT2D eigenvalue weighted by Crippen LogP contribution is -2.41. The molecule has 1 fully saturated rings. The molecule has 0 aromatic heterocycles. The smallest absolute Gasteiger partial charge is 0.300 e. The number of hydrogen-bond acceptors (Lipinski definition) is 4. The first-order valence-electron chi connectivity index (χ1n) is 8.90. The largest absolute Gasteiger partial charge is 0.497 e. The van der Waals surface area contributed by atoms with Gasteiger partial charge in [0.1, 0.15) is 5.75 Å². The zero-order valence-corrected chi connectivity index (χ0v) is 15.1. The zero-order valence-electron chi connectivity index (χ0n) is 15.1. The molecule has 0 spiro atoms. The zero-order chi connectivity index (χ0) is 18.3. The van der Waals surface area contributed by atoms with Gasteiger partial charge in [-0.1, -0.05) is 23.8 Å². The molecule has 0 bridgehead atoms. The summed E-state index contributed by atoms with van der Waals surface area (Å²) in [4.78, 5) is 28.8. The van der Waals surface area contributed by atoms with Gasteiger partial charge in [-0.3, -0.25) is 19.4 Å². The molecule has 0 unspecified atom stereocenters. The van der Waals surface area contributed by atoms with E-state index in [1.165, 1.54) is 5.56 Å². The fourth-order valence-corrected chi connectivity index (χ4v) is 3.44. The van der Waals surface area contributed by atoms with E-state index in [-0.39, 0.29) is 0 Å². The number of methoxy groups -OCH3 is 1. The number of carbonyl (C=O) groups is 2. The van der Waals surface area contributed by atoms with E-state index in [1.54, 1.807) is 18.1 Å². The van der Waals surface area contributed by atoms with Gasteiger partial charge in [0.2, 0.25) is 0 Å². The summed E-state index contributed by atoms with van der Waals surface area (Å²) in [5.74, 6) is 0.00575. The Morgan fingerprint density at radius 2 is 1.85 bits per heavy atom. The van der Waals surface area contributed by atoms with Crippen LogP contribution in [0.2, 0.25) is 0 Å². The number of benzene rings is 2. The monoisotopic (exact) mass is 350 g/mol. The normalized spacial score (nSPS) is 16.3. The van der Waals surface area contributed by atoms with Crippen LogP contribution >= 0.6 is 0 Å². The van der Waals surface area contributed by atoms with Crippen LogP contribution in [0, 0.1) is 6.92 Å². The van der Waals surface area contributed by atoms with Gasteiger partial charge in [-0.25, -0.2) is 0 Å². The van der Waals surface area contributed by atoms with Crippen LogP contribution in [0.25, 0.3) is 0 Å². The van der Waals surface area contributed by atoms with Crippen molar-refractivity contribution in [2.24, 2.45) is 0 Å². The predicted molar refractivity (Wildman–Crippen MR) is 99.4 cm³/mol. The van der Waals surface area contributed by atoms with E-state index in [4.69, 9.17) is 4.74 Å². The first-order chi connectivity index (χ1) is 12.6. The van der Waals surface area contributed by atoms with E-state index >= 15 is 0 Å². The number of anilines is 1. The molecule has 5 nitrogen and oxygen atoms in total. The van der Waals surface area contributed by atoms with Gasteiger partial charge >= 0.3 is 5.91 Å². The number of hydrogen-bond donors (Lipinski definition) is 0. The van der Waals surface area contributed by atoms with Crippen LogP contribution in [0.3, 0.4) is 0 Å². The third-order valence-electron chi connectivity index (χ3n) is 5.06. The third-order valence-corrected chi connectivity index (χ3v) is 5.06. The average Bonchev–Trinajstić information content (AvgIpc) is 3.47. The van der Waals surface area contributed by atoms with Gasteiger partial charge in [0.15, 0.2) is 0 Å². The van der Waals surface area contributed by atoms with Crippen LogP contribution in [-0.2, 0) is 11.3 Å². The minimum Gasteiger partial charge on any atom is -0.497 e. The second-order valence-electron chi connectivity index (χ2n) is 7.05. The molecular formula is C21H22N2O3. The lowest BCUT2D eigenvalue weighted by atomic mass is 10.1. The number of aryl methyl sites for hydroxylation is 1. The van der Waals surface area contributed by atoms with Gasteiger partial charge in [-0.15, -0.1) is 0 Å². The van der Waals surface area contributed by atoms with E-state index in [9.17, 15) is 9.59 Å². The summed E-state index contributed by atoms with van der Waals surface area (Å²) in [7, 11) is 1.65. The minimum atomic E-state index is -0.425. The van der Waals surface area contributed by atoms with Crippen LogP contribution in [0.1, 0.15) is 34.3 Å². The van der Waals surface area contributed by atoms with Crippen molar-refractivity contribution in [3.8, 4) is 5.75 Å². The second-order valence-corrected chi connectivity index (χ2v) is 7.05. The third kappa shape index (κ3) is 3.10. The molecule has 134 valence electrons. The van der Waals surface area contributed by atoms with Gasteiger partial charge in [0.25, 0.3) is 5.78 Å². The maximum Gasteiger partial charge on any atom is 0.300 e. The summed E-state index contributed by atoms with van der Waals surface area (Å²) in [5.41, 5.74) is 3.41. The molecule has 0 radical (unpaired) electrons.